The van der Waals surface area contributed by atoms with E-state index in [1.165, 1.54) is 12.1 Å². The van der Waals surface area contributed by atoms with Gasteiger partial charge in [-0.25, -0.2) is 4.39 Å². The van der Waals surface area contributed by atoms with E-state index in [9.17, 15) is 8.96 Å². The third-order valence-electron chi connectivity index (χ3n) is 1.85. The Balaban J connectivity index is 2.57. The number of rotatable bonds is 6. The van der Waals surface area contributed by atoms with Gasteiger partial charge in [-0.3, -0.25) is 4.57 Å². The van der Waals surface area contributed by atoms with Crippen LogP contribution >= 0.6 is 7.60 Å². The highest BCUT2D eigenvalue weighted by atomic mass is 31.2. The van der Waals surface area contributed by atoms with E-state index in [0.717, 1.165) is 6.07 Å². The Morgan fingerprint density at radius 3 is 2.59 bits per heavy atom. The highest BCUT2D eigenvalue weighted by molar-refractivity contribution is 7.51. The maximum atomic E-state index is 13.4. The molecule has 0 heterocycles. The largest absolute Gasteiger partial charge is 0.494 e. The number of ether oxygens (including phenoxy) is 2. The molecule has 0 saturated heterocycles. The van der Waals surface area contributed by atoms with Gasteiger partial charge in [0, 0.05) is 6.07 Å². The molecule has 0 amide bonds. The van der Waals surface area contributed by atoms with Crippen molar-refractivity contribution in [3.8, 4) is 11.5 Å². The predicted molar refractivity (Wildman–Crippen MR) is 60.0 cm³/mol. The van der Waals surface area contributed by atoms with Crippen molar-refractivity contribution in [2.45, 2.75) is 6.92 Å². The number of hydrogen-bond donors (Lipinski definition) is 2. The molecule has 0 aliphatic rings. The fourth-order valence-corrected chi connectivity index (χ4v) is 1.46. The summed E-state index contributed by atoms with van der Waals surface area (Å²) in [5.74, 6) is -0.295. The monoisotopic (exact) mass is 264 g/mol. The minimum atomic E-state index is -4.11. The highest BCUT2D eigenvalue weighted by Crippen LogP contribution is 2.33. The first-order valence-corrected chi connectivity index (χ1v) is 6.82. The second kappa shape index (κ2) is 6.00. The second-order valence-electron chi connectivity index (χ2n) is 3.26. The SMILES string of the molecule is CCOc1ccc(OCCP(=O)(O)O)c(F)c1. The van der Waals surface area contributed by atoms with Crippen molar-refractivity contribution in [3.05, 3.63) is 24.0 Å². The fourth-order valence-electron chi connectivity index (χ4n) is 1.13. The van der Waals surface area contributed by atoms with E-state index in [2.05, 4.69) is 0 Å². The summed E-state index contributed by atoms with van der Waals surface area (Å²) < 4.78 is 33.9. The first-order valence-electron chi connectivity index (χ1n) is 5.02. The van der Waals surface area contributed by atoms with Crippen LogP contribution in [-0.2, 0) is 4.57 Å². The van der Waals surface area contributed by atoms with Crippen LogP contribution in [0.5, 0.6) is 11.5 Å². The molecule has 0 aromatic heterocycles. The fraction of sp³-hybridized carbons (Fsp3) is 0.400. The van der Waals surface area contributed by atoms with Crippen LogP contribution in [0.4, 0.5) is 4.39 Å². The van der Waals surface area contributed by atoms with Crippen molar-refractivity contribution in [2.75, 3.05) is 19.4 Å². The lowest BCUT2D eigenvalue weighted by molar-refractivity contribution is 0.300. The maximum absolute atomic E-state index is 13.4. The normalized spacial score (nSPS) is 11.3. The van der Waals surface area contributed by atoms with Crippen molar-refractivity contribution in [1.29, 1.82) is 0 Å². The van der Waals surface area contributed by atoms with Crippen molar-refractivity contribution < 1.29 is 28.2 Å². The molecule has 17 heavy (non-hydrogen) atoms. The van der Waals surface area contributed by atoms with Gasteiger partial charge in [0.25, 0.3) is 0 Å². The Kier molecular flexibility index (Phi) is 4.93. The van der Waals surface area contributed by atoms with Crippen LogP contribution in [-0.4, -0.2) is 29.2 Å². The lowest BCUT2D eigenvalue weighted by atomic mass is 10.3. The molecule has 96 valence electrons. The zero-order valence-electron chi connectivity index (χ0n) is 9.30. The van der Waals surface area contributed by atoms with Crippen LogP contribution in [0.1, 0.15) is 6.92 Å². The summed E-state index contributed by atoms with van der Waals surface area (Å²) in [6.07, 6.45) is -0.445. The summed E-state index contributed by atoms with van der Waals surface area (Å²) in [6.45, 7) is 1.97. The molecule has 1 aromatic rings. The minimum absolute atomic E-state index is 0.0538. The van der Waals surface area contributed by atoms with Gasteiger partial charge in [0.05, 0.1) is 19.4 Å². The van der Waals surface area contributed by atoms with Crippen LogP contribution in [0.25, 0.3) is 0 Å². The van der Waals surface area contributed by atoms with E-state index in [0.29, 0.717) is 12.4 Å². The number of benzene rings is 1. The Labute approximate surface area is 98.3 Å². The standard InChI is InChI=1S/C10H14FO5P/c1-2-15-8-3-4-10(9(11)7-8)16-5-6-17(12,13)14/h3-4,7H,2,5-6H2,1H3,(H2,12,13,14). The molecule has 0 fully saturated rings. The third-order valence-corrected chi connectivity index (χ3v) is 2.62. The van der Waals surface area contributed by atoms with E-state index in [1.807, 2.05) is 0 Å². The van der Waals surface area contributed by atoms with Gasteiger partial charge in [0.15, 0.2) is 11.6 Å². The average molecular weight is 264 g/mol. The van der Waals surface area contributed by atoms with E-state index in [4.69, 9.17) is 19.3 Å². The lowest BCUT2D eigenvalue weighted by Crippen LogP contribution is -2.04. The van der Waals surface area contributed by atoms with Gasteiger partial charge in [-0.05, 0) is 19.1 Å². The number of hydrogen-bond acceptors (Lipinski definition) is 3. The third kappa shape index (κ3) is 5.17. The summed E-state index contributed by atoms with van der Waals surface area (Å²) in [4.78, 5) is 17.2. The molecular formula is C10H14FO5P. The van der Waals surface area contributed by atoms with Crippen molar-refractivity contribution in [1.82, 2.24) is 0 Å². The molecule has 0 spiro atoms. The Morgan fingerprint density at radius 2 is 2.06 bits per heavy atom. The van der Waals surface area contributed by atoms with Crippen LogP contribution in [0.15, 0.2) is 18.2 Å². The molecule has 1 rings (SSSR count). The van der Waals surface area contributed by atoms with E-state index >= 15 is 0 Å². The van der Waals surface area contributed by atoms with Crippen LogP contribution in [0, 0.1) is 5.82 Å². The minimum Gasteiger partial charge on any atom is -0.494 e. The first-order chi connectivity index (χ1) is 7.92. The number of halogens is 1. The van der Waals surface area contributed by atoms with Gasteiger partial charge in [0.1, 0.15) is 5.75 Å². The molecular weight excluding hydrogens is 250 g/mol. The summed E-state index contributed by atoms with van der Waals surface area (Å²) in [5, 5.41) is 0. The first kappa shape index (κ1) is 14.0. The Morgan fingerprint density at radius 1 is 1.35 bits per heavy atom. The van der Waals surface area contributed by atoms with Crippen LogP contribution < -0.4 is 9.47 Å². The topological polar surface area (TPSA) is 76.0 Å². The van der Waals surface area contributed by atoms with Gasteiger partial charge in [0.2, 0.25) is 0 Å². The van der Waals surface area contributed by atoms with Crippen molar-refractivity contribution in [3.63, 3.8) is 0 Å². The lowest BCUT2D eigenvalue weighted by Gasteiger charge is -2.09. The molecule has 0 aliphatic heterocycles. The highest BCUT2D eigenvalue weighted by Gasteiger charge is 2.13. The van der Waals surface area contributed by atoms with Gasteiger partial charge in [-0.1, -0.05) is 0 Å². The summed E-state index contributed by atoms with van der Waals surface area (Å²) >= 11 is 0. The van der Waals surface area contributed by atoms with Gasteiger partial charge in [-0.2, -0.15) is 0 Å². The Bertz CT molecular complexity index is 417. The molecule has 1 aromatic carbocycles. The summed E-state index contributed by atoms with van der Waals surface area (Å²) in [7, 11) is -4.11. The second-order valence-corrected chi connectivity index (χ2v) is 5.04. The van der Waals surface area contributed by atoms with Gasteiger partial charge >= 0.3 is 7.60 Å². The van der Waals surface area contributed by atoms with Gasteiger partial charge in [-0.15, -0.1) is 0 Å². The molecule has 0 unspecified atom stereocenters. The molecule has 0 bridgehead atoms. The average Bonchev–Trinajstić information content (AvgIpc) is 2.20. The Hall–Kier alpha value is -1.10. The molecule has 0 radical (unpaired) electrons. The molecule has 5 nitrogen and oxygen atoms in total. The molecule has 0 saturated carbocycles. The summed E-state index contributed by atoms with van der Waals surface area (Å²) in [6, 6.07) is 4.05. The predicted octanol–water partition coefficient (Wildman–Crippen LogP) is 1.78. The van der Waals surface area contributed by atoms with Crippen LogP contribution in [0.2, 0.25) is 0 Å². The van der Waals surface area contributed by atoms with Gasteiger partial charge < -0.3 is 19.3 Å². The zero-order chi connectivity index (χ0) is 12.9. The van der Waals surface area contributed by atoms with E-state index < -0.39 is 19.6 Å². The maximum Gasteiger partial charge on any atom is 0.328 e. The van der Waals surface area contributed by atoms with Crippen molar-refractivity contribution >= 4 is 7.60 Å². The summed E-state index contributed by atoms with van der Waals surface area (Å²) in [5.41, 5.74) is 0. The molecule has 0 atom stereocenters. The zero-order valence-corrected chi connectivity index (χ0v) is 10.2. The quantitative estimate of drug-likeness (QED) is 0.766. The van der Waals surface area contributed by atoms with E-state index in [-0.39, 0.29) is 12.4 Å². The molecule has 2 N–H and O–H groups in total. The molecule has 7 heteroatoms. The smallest absolute Gasteiger partial charge is 0.328 e. The van der Waals surface area contributed by atoms with Crippen molar-refractivity contribution in [2.24, 2.45) is 0 Å². The molecule has 0 aliphatic carbocycles. The van der Waals surface area contributed by atoms with E-state index in [1.54, 1.807) is 6.92 Å². The van der Waals surface area contributed by atoms with Crippen LogP contribution in [0.3, 0.4) is 0 Å².